The minimum absolute atomic E-state index is 1.06. The molecular formula is C7H16N+. The highest BCUT2D eigenvalue weighted by Gasteiger charge is 2.27. The van der Waals surface area contributed by atoms with Crippen molar-refractivity contribution in [3.8, 4) is 0 Å². The van der Waals surface area contributed by atoms with Gasteiger partial charge in [-0.15, -0.1) is 0 Å². The minimum atomic E-state index is 1.06. The second-order valence-corrected chi connectivity index (χ2v) is 3.92. The molecule has 0 saturated heterocycles. The average molecular weight is 114 g/mol. The maximum atomic E-state index is 2.26. The molecule has 0 aromatic rings. The smallest absolute Gasteiger partial charge is 0.0809 e. The molecule has 48 valence electrons. The molecule has 1 nitrogen and oxygen atoms in total. The summed E-state index contributed by atoms with van der Waals surface area (Å²) in [7, 11) is 6.79. The lowest BCUT2D eigenvalue weighted by atomic mass is 10.4. The van der Waals surface area contributed by atoms with Gasteiger partial charge in [0.2, 0.25) is 0 Å². The van der Waals surface area contributed by atoms with E-state index in [0.717, 1.165) is 10.4 Å². The van der Waals surface area contributed by atoms with Crippen molar-refractivity contribution >= 4 is 0 Å². The molecule has 0 aromatic heterocycles. The van der Waals surface area contributed by atoms with E-state index in [1.54, 1.807) is 0 Å². The molecule has 1 rings (SSSR count). The fourth-order valence-corrected chi connectivity index (χ4v) is 1.08. The van der Waals surface area contributed by atoms with Gasteiger partial charge in [0, 0.05) is 5.92 Å². The topological polar surface area (TPSA) is 0 Å². The summed E-state index contributed by atoms with van der Waals surface area (Å²) in [6, 6.07) is 0. The molecule has 1 aliphatic rings. The van der Waals surface area contributed by atoms with E-state index in [4.69, 9.17) is 0 Å². The minimum Gasteiger partial charge on any atom is -0.331 e. The van der Waals surface area contributed by atoms with Crippen LogP contribution in [0.15, 0.2) is 0 Å². The predicted molar refractivity (Wildman–Crippen MR) is 35.6 cm³/mol. The molecule has 1 aliphatic carbocycles. The van der Waals surface area contributed by atoms with E-state index >= 15 is 0 Å². The van der Waals surface area contributed by atoms with E-state index in [9.17, 15) is 0 Å². The molecule has 0 aliphatic heterocycles. The van der Waals surface area contributed by atoms with E-state index in [-0.39, 0.29) is 0 Å². The Kier molecular flexibility index (Phi) is 1.31. The van der Waals surface area contributed by atoms with Crippen LogP contribution in [0, 0.1) is 5.92 Å². The number of hydrogen-bond acceptors (Lipinski definition) is 0. The molecule has 0 unspecified atom stereocenters. The summed E-state index contributed by atoms with van der Waals surface area (Å²) in [6.45, 7) is 1.38. The lowest BCUT2D eigenvalue weighted by molar-refractivity contribution is -0.872. The number of hydrogen-bond donors (Lipinski definition) is 0. The molecule has 0 atom stereocenters. The third-order valence-corrected chi connectivity index (χ3v) is 1.50. The van der Waals surface area contributed by atoms with Gasteiger partial charge >= 0.3 is 0 Å². The molecule has 0 aromatic carbocycles. The molecule has 0 spiro atoms. The zero-order valence-electron chi connectivity index (χ0n) is 6.15. The van der Waals surface area contributed by atoms with Crippen LogP contribution in [-0.4, -0.2) is 32.2 Å². The molecular weight excluding hydrogens is 98.1 g/mol. The Morgan fingerprint density at radius 2 is 1.75 bits per heavy atom. The van der Waals surface area contributed by atoms with Gasteiger partial charge in [-0.1, -0.05) is 0 Å². The van der Waals surface area contributed by atoms with Crippen LogP contribution in [0.25, 0.3) is 0 Å². The van der Waals surface area contributed by atoms with Crippen LogP contribution in [0.1, 0.15) is 12.8 Å². The first-order chi connectivity index (χ1) is 3.58. The second-order valence-electron chi connectivity index (χ2n) is 3.92. The van der Waals surface area contributed by atoms with Crippen LogP contribution >= 0.6 is 0 Å². The first-order valence-electron chi connectivity index (χ1n) is 3.38. The standard InChI is InChI=1S/C7H16N/c1-8(2,3)6-7-4-5-7/h7H,4-6H2,1-3H3/q+1. The molecule has 8 heavy (non-hydrogen) atoms. The van der Waals surface area contributed by atoms with Gasteiger partial charge in [-0.05, 0) is 12.8 Å². The average Bonchev–Trinajstić information content (AvgIpc) is 2.12. The zero-order chi connectivity index (χ0) is 6.20. The van der Waals surface area contributed by atoms with Gasteiger partial charge in [-0.25, -0.2) is 0 Å². The van der Waals surface area contributed by atoms with Crippen LogP contribution in [-0.2, 0) is 0 Å². The van der Waals surface area contributed by atoms with Crippen molar-refractivity contribution in [2.24, 2.45) is 5.92 Å². The Labute approximate surface area is 51.9 Å². The Hall–Kier alpha value is -0.0400. The highest BCUT2D eigenvalue weighted by molar-refractivity contribution is 4.71. The summed E-state index contributed by atoms with van der Waals surface area (Å²) in [5, 5.41) is 0. The van der Waals surface area contributed by atoms with Crippen molar-refractivity contribution in [3.63, 3.8) is 0 Å². The second kappa shape index (κ2) is 1.73. The van der Waals surface area contributed by atoms with Gasteiger partial charge in [-0.3, -0.25) is 0 Å². The first kappa shape index (κ1) is 6.09. The van der Waals surface area contributed by atoms with Crippen molar-refractivity contribution in [1.29, 1.82) is 0 Å². The van der Waals surface area contributed by atoms with E-state index in [1.807, 2.05) is 0 Å². The van der Waals surface area contributed by atoms with Crippen molar-refractivity contribution in [2.75, 3.05) is 27.7 Å². The Balaban J connectivity index is 2.16. The fourth-order valence-electron chi connectivity index (χ4n) is 1.08. The van der Waals surface area contributed by atoms with Gasteiger partial charge in [0.25, 0.3) is 0 Å². The van der Waals surface area contributed by atoms with Crippen molar-refractivity contribution < 1.29 is 4.48 Å². The normalized spacial score (nSPS) is 21.4. The van der Waals surface area contributed by atoms with Crippen molar-refractivity contribution in [1.82, 2.24) is 0 Å². The lowest BCUT2D eigenvalue weighted by Crippen LogP contribution is -2.36. The Morgan fingerprint density at radius 3 is 1.88 bits per heavy atom. The summed E-state index contributed by atoms with van der Waals surface area (Å²) in [6.07, 6.45) is 2.96. The van der Waals surface area contributed by atoms with Crippen LogP contribution in [0.2, 0.25) is 0 Å². The molecule has 0 N–H and O–H groups in total. The Morgan fingerprint density at radius 1 is 1.25 bits per heavy atom. The van der Waals surface area contributed by atoms with E-state index < -0.39 is 0 Å². The monoisotopic (exact) mass is 114 g/mol. The number of quaternary nitrogens is 1. The first-order valence-corrected chi connectivity index (χ1v) is 3.38. The maximum absolute atomic E-state index is 2.26. The van der Waals surface area contributed by atoms with Crippen molar-refractivity contribution in [2.45, 2.75) is 12.8 Å². The van der Waals surface area contributed by atoms with Crippen LogP contribution in [0.5, 0.6) is 0 Å². The lowest BCUT2D eigenvalue weighted by Gasteiger charge is -2.23. The van der Waals surface area contributed by atoms with Crippen LogP contribution in [0.3, 0.4) is 0 Å². The largest absolute Gasteiger partial charge is 0.331 e. The molecule has 1 fully saturated rings. The molecule has 0 bridgehead atoms. The number of nitrogens with zero attached hydrogens (tertiary/aromatic N) is 1. The summed E-state index contributed by atoms with van der Waals surface area (Å²) in [5.41, 5.74) is 0. The Bertz CT molecular complexity index is 76.9. The third kappa shape index (κ3) is 2.31. The summed E-state index contributed by atoms with van der Waals surface area (Å²) >= 11 is 0. The van der Waals surface area contributed by atoms with E-state index in [1.165, 1.54) is 19.4 Å². The molecule has 0 radical (unpaired) electrons. The number of rotatable bonds is 2. The highest BCUT2D eigenvalue weighted by Crippen LogP contribution is 2.30. The van der Waals surface area contributed by atoms with E-state index in [2.05, 4.69) is 21.1 Å². The van der Waals surface area contributed by atoms with Gasteiger partial charge in [0.15, 0.2) is 0 Å². The molecule has 0 heterocycles. The van der Waals surface area contributed by atoms with Gasteiger partial charge in [0.05, 0.1) is 27.7 Å². The summed E-state index contributed by atoms with van der Waals surface area (Å²) < 4.78 is 1.14. The maximum Gasteiger partial charge on any atom is 0.0809 e. The molecule has 1 saturated carbocycles. The highest BCUT2D eigenvalue weighted by atomic mass is 15.3. The van der Waals surface area contributed by atoms with Crippen LogP contribution < -0.4 is 0 Å². The quantitative estimate of drug-likeness (QED) is 0.472. The summed E-state index contributed by atoms with van der Waals surface area (Å²) in [4.78, 5) is 0. The third-order valence-electron chi connectivity index (χ3n) is 1.50. The van der Waals surface area contributed by atoms with E-state index in [0.29, 0.717) is 0 Å². The SMILES string of the molecule is C[N+](C)(C)CC1CC1. The van der Waals surface area contributed by atoms with Gasteiger partial charge in [0.1, 0.15) is 0 Å². The van der Waals surface area contributed by atoms with Gasteiger partial charge in [-0.2, -0.15) is 0 Å². The van der Waals surface area contributed by atoms with Crippen molar-refractivity contribution in [3.05, 3.63) is 0 Å². The van der Waals surface area contributed by atoms with Crippen LogP contribution in [0.4, 0.5) is 0 Å². The fraction of sp³-hybridized carbons (Fsp3) is 1.00. The molecule has 0 amide bonds. The molecule has 1 heteroatoms. The zero-order valence-corrected chi connectivity index (χ0v) is 6.15. The van der Waals surface area contributed by atoms with Gasteiger partial charge < -0.3 is 4.48 Å². The predicted octanol–water partition coefficient (Wildman–Crippen LogP) is 1.10. The summed E-state index contributed by atoms with van der Waals surface area (Å²) in [5.74, 6) is 1.06.